The van der Waals surface area contributed by atoms with E-state index in [1.54, 1.807) is 7.11 Å². The third-order valence-electron chi connectivity index (χ3n) is 7.06. The molecule has 4 atom stereocenters. The molecule has 1 aliphatic carbocycles. The summed E-state index contributed by atoms with van der Waals surface area (Å²) in [6.45, 7) is 5.90. The van der Waals surface area contributed by atoms with Crippen molar-refractivity contribution in [2.24, 2.45) is 5.92 Å². The Labute approximate surface area is 202 Å². The zero-order chi connectivity index (χ0) is 24.2. The summed E-state index contributed by atoms with van der Waals surface area (Å²) >= 11 is 0. The molecule has 2 fully saturated rings. The third kappa shape index (κ3) is 5.06. The number of methoxy groups -OCH3 is 1. The summed E-state index contributed by atoms with van der Waals surface area (Å²) in [5.74, 6) is 1.58. The first-order chi connectivity index (χ1) is 16.4. The summed E-state index contributed by atoms with van der Waals surface area (Å²) in [6.07, 6.45) is 5.09. The van der Waals surface area contributed by atoms with Gasteiger partial charge in [-0.05, 0) is 75.8 Å². The average Bonchev–Trinajstić information content (AvgIpc) is 3.23. The molecule has 34 heavy (non-hydrogen) atoms. The van der Waals surface area contributed by atoms with Crippen LogP contribution in [-0.4, -0.2) is 42.0 Å². The fraction of sp³-hybridized carbons (Fsp3) is 0.500. The highest BCUT2D eigenvalue weighted by atomic mass is 16.5. The molecular formula is C28H36N2O4. The molecule has 2 aromatic rings. The lowest BCUT2D eigenvalue weighted by molar-refractivity contribution is -0.125. The summed E-state index contributed by atoms with van der Waals surface area (Å²) in [6, 6.07) is 14.5. The molecule has 4 rings (SSSR count). The number of carbonyl (C=O) groups is 2. The summed E-state index contributed by atoms with van der Waals surface area (Å²) in [5.41, 5.74) is 1.57. The van der Waals surface area contributed by atoms with Crippen molar-refractivity contribution >= 4 is 11.8 Å². The molecule has 6 nitrogen and oxygen atoms in total. The van der Waals surface area contributed by atoms with Gasteiger partial charge in [-0.15, -0.1) is 0 Å². The minimum atomic E-state index is -0.450. The Morgan fingerprint density at radius 2 is 1.74 bits per heavy atom. The van der Waals surface area contributed by atoms with Crippen LogP contribution < -0.4 is 14.8 Å². The van der Waals surface area contributed by atoms with Gasteiger partial charge in [0.25, 0.3) is 5.91 Å². The van der Waals surface area contributed by atoms with Gasteiger partial charge in [0.2, 0.25) is 5.91 Å². The van der Waals surface area contributed by atoms with E-state index in [9.17, 15) is 9.59 Å². The van der Waals surface area contributed by atoms with Crippen LogP contribution in [0.4, 0.5) is 0 Å². The zero-order valence-corrected chi connectivity index (χ0v) is 20.6. The zero-order valence-electron chi connectivity index (χ0n) is 20.6. The lowest BCUT2D eigenvalue weighted by Crippen LogP contribution is -2.50. The summed E-state index contributed by atoms with van der Waals surface area (Å²) in [4.78, 5) is 28.9. The van der Waals surface area contributed by atoms with E-state index in [4.69, 9.17) is 9.47 Å². The van der Waals surface area contributed by atoms with Crippen LogP contribution >= 0.6 is 0 Å². The number of hydrogen-bond donors (Lipinski definition) is 1. The molecule has 1 saturated carbocycles. The Balaban J connectivity index is 1.53. The lowest BCUT2D eigenvalue weighted by Gasteiger charge is -2.34. The first kappa shape index (κ1) is 24.1. The maximum absolute atomic E-state index is 13.5. The number of carbonyl (C=O) groups excluding carboxylic acids is 2. The summed E-state index contributed by atoms with van der Waals surface area (Å²) < 4.78 is 11.3. The average molecular weight is 465 g/mol. The van der Waals surface area contributed by atoms with Crippen LogP contribution in [0.5, 0.6) is 11.5 Å². The Bertz CT molecular complexity index is 1010. The standard InChI is InChI=1S/C28H36N2O4/c1-18(2)34-25-15-14-21(17-26(25)33-4)19(3)29-27(31)24-16-22-12-8-9-13-23(22)30(24)28(32)20-10-6-5-7-11-20/h5-7,10-11,14-15,17-19,22-24H,8-9,12-13,16H2,1-4H3,(H,29,31). The monoisotopic (exact) mass is 464 g/mol. The number of amides is 2. The normalized spacial score (nSPS) is 22.7. The number of ether oxygens (including phenoxy) is 2. The van der Waals surface area contributed by atoms with Gasteiger partial charge in [0, 0.05) is 11.6 Å². The van der Waals surface area contributed by atoms with Gasteiger partial charge >= 0.3 is 0 Å². The quantitative estimate of drug-likeness (QED) is 0.617. The minimum Gasteiger partial charge on any atom is -0.493 e. The van der Waals surface area contributed by atoms with Crippen molar-refractivity contribution in [3.05, 3.63) is 59.7 Å². The number of hydrogen-bond acceptors (Lipinski definition) is 4. The summed E-state index contributed by atoms with van der Waals surface area (Å²) in [7, 11) is 1.61. The second-order valence-corrected chi connectivity index (χ2v) is 9.75. The highest BCUT2D eigenvalue weighted by Gasteiger charge is 2.47. The van der Waals surface area contributed by atoms with Crippen LogP contribution in [-0.2, 0) is 4.79 Å². The van der Waals surface area contributed by atoms with E-state index in [1.165, 1.54) is 6.42 Å². The van der Waals surface area contributed by atoms with Crippen molar-refractivity contribution in [1.29, 1.82) is 0 Å². The Hall–Kier alpha value is -3.02. The highest BCUT2D eigenvalue weighted by Crippen LogP contribution is 2.41. The third-order valence-corrected chi connectivity index (χ3v) is 7.06. The molecule has 2 amide bonds. The SMILES string of the molecule is COc1cc(C(C)NC(=O)C2CC3CCCCC3N2C(=O)c2ccccc2)ccc1OC(C)C. The van der Waals surface area contributed by atoms with E-state index < -0.39 is 6.04 Å². The maximum Gasteiger partial charge on any atom is 0.254 e. The van der Waals surface area contributed by atoms with Gasteiger partial charge in [0.1, 0.15) is 6.04 Å². The minimum absolute atomic E-state index is 0.0379. The second-order valence-electron chi connectivity index (χ2n) is 9.75. The van der Waals surface area contributed by atoms with Crippen LogP contribution in [0, 0.1) is 5.92 Å². The molecule has 0 bridgehead atoms. The number of nitrogens with zero attached hydrogens (tertiary/aromatic N) is 1. The molecule has 1 heterocycles. The van der Waals surface area contributed by atoms with Crippen molar-refractivity contribution in [3.8, 4) is 11.5 Å². The van der Waals surface area contributed by atoms with Crippen LogP contribution in [0.1, 0.15) is 74.8 Å². The predicted octanol–water partition coefficient (Wildman–Crippen LogP) is 5.13. The van der Waals surface area contributed by atoms with Gasteiger partial charge in [0.05, 0.1) is 19.3 Å². The molecule has 6 heteroatoms. The van der Waals surface area contributed by atoms with Crippen LogP contribution in [0.2, 0.25) is 0 Å². The second kappa shape index (κ2) is 10.5. The van der Waals surface area contributed by atoms with Gasteiger partial charge in [-0.3, -0.25) is 9.59 Å². The molecular weight excluding hydrogens is 428 g/mol. The first-order valence-electron chi connectivity index (χ1n) is 12.4. The molecule has 0 radical (unpaired) electrons. The van der Waals surface area contributed by atoms with Crippen LogP contribution in [0.15, 0.2) is 48.5 Å². The smallest absolute Gasteiger partial charge is 0.254 e. The number of benzene rings is 2. The van der Waals surface area contributed by atoms with Gasteiger partial charge in [-0.1, -0.05) is 37.1 Å². The van der Waals surface area contributed by atoms with Crippen LogP contribution in [0.25, 0.3) is 0 Å². The Kier molecular flexibility index (Phi) is 7.44. The summed E-state index contributed by atoms with van der Waals surface area (Å²) in [5, 5.41) is 3.17. The van der Waals surface area contributed by atoms with Crippen molar-refractivity contribution in [3.63, 3.8) is 0 Å². The van der Waals surface area contributed by atoms with Crippen LogP contribution in [0.3, 0.4) is 0 Å². The van der Waals surface area contributed by atoms with Gasteiger partial charge in [-0.25, -0.2) is 0 Å². The van der Waals surface area contributed by atoms with E-state index in [-0.39, 0.29) is 30.0 Å². The number of fused-ring (bicyclic) bond motifs is 1. The predicted molar refractivity (Wildman–Crippen MR) is 132 cm³/mol. The fourth-order valence-electron chi connectivity index (χ4n) is 5.41. The number of nitrogens with one attached hydrogen (secondary N) is 1. The van der Waals surface area contributed by atoms with E-state index in [1.807, 2.05) is 74.2 Å². The lowest BCUT2D eigenvalue weighted by atomic mass is 9.84. The van der Waals surface area contributed by atoms with Crippen molar-refractivity contribution in [2.45, 2.75) is 77.1 Å². The van der Waals surface area contributed by atoms with E-state index >= 15 is 0 Å². The molecule has 1 aliphatic heterocycles. The Morgan fingerprint density at radius 1 is 1.00 bits per heavy atom. The van der Waals surface area contributed by atoms with E-state index in [0.717, 1.165) is 31.2 Å². The molecule has 1 saturated heterocycles. The van der Waals surface area contributed by atoms with Gasteiger partial charge in [-0.2, -0.15) is 0 Å². The van der Waals surface area contributed by atoms with Gasteiger partial charge < -0.3 is 19.7 Å². The Morgan fingerprint density at radius 3 is 2.44 bits per heavy atom. The highest BCUT2D eigenvalue weighted by molar-refractivity contribution is 5.98. The topological polar surface area (TPSA) is 67.9 Å². The number of likely N-dealkylation sites (tertiary alicyclic amines) is 1. The molecule has 4 unspecified atom stereocenters. The molecule has 2 aromatic carbocycles. The van der Waals surface area contributed by atoms with Crippen molar-refractivity contribution in [1.82, 2.24) is 10.2 Å². The van der Waals surface area contributed by atoms with Gasteiger partial charge in [0.15, 0.2) is 11.5 Å². The van der Waals surface area contributed by atoms with E-state index in [0.29, 0.717) is 23.0 Å². The number of rotatable bonds is 7. The molecule has 1 N–H and O–H groups in total. The molecule has 0 aromatic heterocycles. The molecule has 0 spiro atoms. The molecule has 2 aliphatic rings. The molecule has 182 valence electrons. The van der Waals surface area contributed by atoms with E-state index in [2.05, 4.69) is 5.32 Å². The first-order valence-corrected chi connectivity index (χ1v) is 12.4. The largest absolute Gasteiger partial charge is 0.493 e. The van der Waals surface area contributed by atoms with Crippen molar-refractivity contribution < 1.29 is 19.1 Å². The van der Waals surface area contributed by atoms with Crippen molar-refractivity contribution in [2.75, 3.05) is 7.11 Å². The maximum atomic E-state index is 13.5. The fourth-order valence-corrected chi connectivity index (χ4v) is 5.41.